The number of hydrogen-bond donors (Lipinski definition) is 0. The zero-order chi connectivity index (χ0) is 19.5. The predicted octanol–water partition coefficient (Wildman–Crippen LogP) is 1.63. The maximum atomic E-state index is 12.6. The van der Waals surface area contributed by atoms with E-state index in [-0.39, 0.29) is 23.0 Å². The Balaban J connectivity index is 2.38. The van der Waals surface area contributed by atoms with Crippen molar-refractivity contribution in [3.8, 4) is 5.75 Å². The fourth-order valence-electron chi connectivity index (χ4n) is 3.01. The molecule has 0 aliphatic carbocycles. The standard InChI is InChI=1S/C16H23N3O6S/c1-12-5-4-8-17(10-12)16(20)11-18(26(3,23)24)14-9-13(19(21)22)6-7-15(14)25-2/h6-7,9,12H,4-5,8,10-11H2,1-3H3/t12-/m0/s1. The molecule has 1 heterocycles. The maximum absolute atomic E-state index is 12.6. The monoisotopic (exact) mass is 385 g/mol. The molecule has 0 unspecified atom stereocenters. The molecule has 0 radical (unpaired) electrons. The van der Waals surface area contributed by atoms with E-state index in [1.165, 1.54) is 19.2 Å². The van der Waals surface area contributed by atoms with Crippen LogP contribution in [0.2, 0.25) is 0 Å². The van der Waals surface area contributed by atoms with Crippen molar-refractivity contribution in [1.82, 2.24) is 4.90 Å². The molecule has 1 atom stereocenters. The molecule has 1 fully saturated rings. The minimum atomic E-state index is -3.86. The lowest BCUT2D eigenvalue weighted by atomic mass is 10.0. The Morgan fingerprint density at radius 1 is 1.46 bits per heavy atom. The van der Waals surface area contributed by atoms with Crippen molar-refractivity contribution in [3.05, 3.63) is 28.3 Å². The highest BCUT2D eigenvalue weighted by atomic mass is 32.2. The molecular formula is C16H23N3O6S. The van der Waals surface area contributed by atoms with Gasteiger partial charge in [-0.3, -0.25) is 19.2 Å². The van der Waals surface area contributed by atoms with E-state index in [4.69, 9.17) is 4.74 Å². The van der Waals surface area contributed by atoms with Gasteiger partial charge in [0.2, 0.25) is 15.9 Å². The van der Waals surface area contributed by atoms with Crippen LogP contribution in [0.1, 0.15) is 19.8 Å². The Hall–Kier alpha value is -2.36. The van der Waals surface area contributed by atoms with Crippen molar-refractivity contribution in [3.63, 3.8) is 0 Å². The molecule has 1 aromatic rings. The molecule has 0 saturated carbocycles. The summed E-state index contributed by atoms with van der Waals surface area (Å²) in [4.78, 5) is 24.7. The number of nitrogens with zero attached hydrogens (tertiary/aromatic N) is 3. The lowest BCUT2D eigenvalue weighted by Gasteiger charge is -2.33. The predicted molar refractivity (Wildman–Crippen MR) is 96.8 cm³/mol. The first-order valence-corrected chi connectivity index (χ1v) is 10.1. The first-order valence-electron chi connectivity index (χ1n) is 8.21. The molecular weight excluding hydrogens is 362 g/mol. The fourth-order valence-corrected chi connectivity index (χ4v) is 3.85. The van der Waals surface area contributed by atoms with Crippen LogP contribution in [0.4, 0.5) is 11.4 Å². The number of benzene rings is 1. The molecule has 144 valence electrons. The minimum Gasteiger partial charge on any atom is -0.495 e. The van der Waals surface area contributed by atoms with Crippen LogP contribution in [0.25, 0.3) is 0 Å². The molecule has 2 rings (SSSR count). The summed E-state index contributed by atoms with van der Waals surface area (Å²) in [7, 11) is -2.52. The summed E-state index contributed by atoms with van der Waals surface area (Å²) in [5, 5.41) is 11.1. The van der Waals surface area contributed by atoms with Crippen molar-refractivity contribution in [2.24, 2.45) is 5.92 Å². The van der Waals surface area contributed by atoms with Gasteiger partial charge in [0, 0.05) is 25.2 Å². The topological polar surface area (TPSA) is 110 Å². The number of carbonyl (C=O) groups is 1. The lowest BCUT2D eigenvalue weighted by molar-refractivity contribution is -0.384. The minimum absolute atomic E-state index is 0.0254. The Morgan fingerprint density at radius 3 is 2.69 bits per heavy atom. The Kier molecular flexibility index (Phi) is 6.06. The highest BCUT2D eigenvalue weighted by molar-refractivity contribution is 7.92. The quantitative estimate of drug-likeness (QED) is 0.544. The summed E-state index contributed by atoms with van der Waals surface area (Å²) in [6, 6.07) is 3.64. The number of rotatable bonds is 6. The van der Waals surface area contributed by atoms with Gasteiger partial charge in [0.1, 0.15) is 18.0 Å². The number of sulfonamides is 1. The molecule has 0 aromatic heterocycles. The highest BCUT2D eigenvalue weighted by Crippen LogP contribution is 2.33. The zero-order valence-corrected chi connectivity index (χ0v) is 15.9. The summed E-state index contributed by atoms with van der Waals surface area (Å²) in [6.45, 7) is 2.76. The lowest BCUT2D eigenvalue weighted by Crippen LogP contribution is -2.46. The first kappa shape index (κ1) is 20.0. The fraction of sp³-hybridized carbons (Fsp3) is 0.562. The number of non-ortho nitro benzene ring substituents is 1. The molecule has 0 spiro atoms. The number of anilines is 1. The van der Waals surface area contributed by atoms with Crippen molar-refractivity contribution in [2.45, 2.75) is 19.8 Å². The molecule has 0 bridgehead atoms. The van der Waals surface area contributed by atoms with Crippen LogP contribution in [0.15, 0.2) is 18.2 Å². The van der Waals surface area contributed by atoms with Gasteiger partial charge in [-0.25, -0.2) is 8.42 Å². The summed E-state index contributed by atoms with van der Waals surface area (Å²) in [5.74, 6) is 0.156. The van der Waals surface area contributed by atoms with Crippen LogP contribution in [0.3, 0.4) is 0 Å². The number of piperidine rings is 1. The second-order valence-corrected chi connectivity index (χ2v) is 8.38. The number of likely N-dealkylation sites (tertiary alicyclic amines) is 1. The zero-order valence-electron chi connectivity index (χ0n) is 15.0. The van der Waals surface area contributed by atoms with Gasteiger partial charge in [-0.05, 0) is 24.8 Å². The Bertz CT molecular complexity index is 795. The normalized spacial score (nSPS) is 17.7. The van der Waals surface area contributed by atoms with E-state index < -0.39 is 21.5 Å². The molecule has 1 aliphatic rings. The second kappa shape index (κ2) is 7.90. The largest absolute Gasteiger partial charge is 0.495 e. The number of ether oxygens (including phenoxy) is 1. The van der Waals surface area contributed by atoms with E-state index in [9.17, 15) is 23.3 Å². The summed E-state index contributed by atoms with van der Waals surface area (Å²) < 4.78 is 30.6. The Labute approximate surface area is 152 Å². The molecule has 1 saturated heterocycles. The summed E-state index contributed by atoms with van der Waals surface area (Å²) in [5.41, 5.74) is -0.309. The van der Waals surface area contributed by atoms with E-state index in [0.29, 0.717) is 19.0 Å². The smallest absolute Gasteiger partial charge is 0.271 e. The average Bonchev–Trinajstić information content (AvgIpc) is 2.57. The van der Waals surface area contributed by atoms with Gasteiger partial charge in [0.25, 0.3) is 5.69 Å². The van der Waals surface area contributed by atoms with Crippen LogP contribution in [-0.4, -0.2) is 57.1 Å². The number of carbonyl (C=O) groups excluding carboxylic acids is 1. The van der Waals surface area contributed by atoms with Gasteiger partial charge in [0.05, 0.1) is 18.3 Å². The van der Waals surface area contributed by atoms with E-state index in [1.807, 2.05) is 6.92 Å². The molecule has 0 N–H and O–H groups in total. The molecule has 1 aliphatic heterocycles. The average molecular weight is 385 g/mol. The van der Waals surface area contributed by atoms with E-state index in [2.05, 4.69) is 0 Å². The van der Waals surface area contributed by atoms with Crippen molar-refractivity contribution in [1.29, 1.82) is 0 Å². The SMILES string of the molecule is COc1ccc([N+](=O)[O-])cc1N(CC(=O)N1CCC[C@H](C)C1)S(C)(=O)=O. The van der Waals surface area contributed by atoms with Crippen molar-refractivity contribution in [2.75, 3.05) is 37.3 Å². The van der Waals surface area contributed by atoms with Crippen molar-refractivity contribution >= 4 is 27.3 Å². The third-order valence-electron chi connectivity index (χ3n) is 4.33. The number of methoxy groups -OCH3 is 1. The van der Waals surface area contributed by atoms with Crippen LogP contribution in [-0.2, 0) is 14.8 Å². The highest BCUT2D eigenvalue weighted by Gasteiger charge is 2.29. The van der Waals surface area contributed by atoms with Gasteiger partial charge in [-0.15, -0.1) is 0 Å². The number of hydrogen-bond acceptors (Lipinski definition) is 6. The Morgan fingerprint density at radius 2 is 2.15 bits per heavy atom. The summed E-state index contributed by atoms with van der Waals surface area (Å²) >= 11 is 0. The van der Waals surface area contributed by atoms with E-state index in [0.717, 1.165) is 29.5 Å². The molecule has 10 heteroatoms. The van der Waals surface area contributed by atoms with Crippen LogP contribution in [0.5, 0.6) is 5.75 Å². The van der Waals surface area contributed by atoms with Crippen molar-refractivity contribution < 1.29 is 22.9 Å². The summed E-state index contributed by atoms with van der Waals surface area (Å²) in [6.07, 6.45) is 2.85. The van der Waals surface area contributed by atoms with Crippen LogP contribution >= 0.6 is 0 Å². The number of nitro groups is 1. The van der Waals surface area contributed by atoms with Gasteiger partial charge in [-0.2, -0.15) is 0 Å². The van der Waals surface area contributed by atoms with Gasteiger partial charge in [-0.1, -0.05) is 6.92 Å². The van der Waals surface area contributed by atoms with Gasteiger partial charge < -0.3 is 9.64 Å². The third kappa shape index (κ3) is 4.63. The molecule has 1 aromatic carbocycles. The second-order valence-electron chi connectivity index (χ2n) is 6.47. The molecule has 9 nitrogen and oxygen atoms in total. The first-order chi connectivity index (χ1) is 12.1. The number of amides is 1. The third-order valence-corrected chi connectivity index (χ3v) is 5.46. The van der Waals surface area contributed by atoms with Gasteiger partial charge >= 0.3 is 0 Å². The number of nitro benzene ring substituents is 1. The molecule has 26 heavy (non-hydrogen) atoms. The maximum Gasteiger partial charge on any atom is 0.271 e. The van der Waals surface area contributed by atoms with Crippen LogP contribution in [0, 0.1) is 16.0 Å². The van der Waals surface area contributed by atoms with E-state index >= 15 is 0 Å². The van der Waals surface area contributed by atoms with Gasteiger partial charge in [0.15, 0.2) is 0 Å². The molecule has 1 amide bonds. The van der Waals surface area contributed by atoms with E-state index in [1.54, 1.807) is 4.90 Å². The van der Waals surface area contributed by atoms with Crippen LogP contribution < -0.4 is 9.04 Å².